The van der Waals surface area contributed by atoms with Crippen molar-refractivity contribution in [1.29, 1.82) is 0 Å². The first-order chi connectivity index (χ1) is 8.50. The van der Waals surface area contributed by atoms with Crippen LogP contribution in [0, 0.1) is 17.8 Å². The van der Waals surface area contributed by atoms with Crippen LogP contribution >= 0.6 is 0 Å². The smallest absolute Gasteiger partial charge is 0.201 e. The highest BCUT2D eigenvalue weighted by Gasteiger charge is 2.45. The first-order valence-electron chi connectivity index (χ1n) is 6.69. The monoisotopic (exact) mass is 246 g/mol. The van der Waals surface area contributed by atoms with Gasteiger partial charge in [-0.05, 0) is 24.2 Å². The van der Waals surface area contributed by atoms with Gasteiger partial charge in [-0.3, -0.25) is 9.59 Å². The van der Waals surface area contributed by atoms with Gasteiger partial charge in [0, 0.05) is 17.9 Å². The minimum atomic E-state index is 0.0101. The minimum Gasteiger partial charge on any atom is -0.460 e. The van der Waals surface area contributed by atoms with E-state index in [1.165, 1.54) is 6.26 Å². The standard InChI is InChI=1S/C15H18O3/c1-7(2)9-5-12(16)11-6-18-15-13(11)10(9)4-8(3)14(15)17/h6-10H,4-5H2,1-3H3/t8-,9-,10-/m1/s1. The molecule has 2 aliphatic carbocycles. The van der Waals surface area contributed by atoms with Crippen LogP contribution in [0.4, 0.5) is 0 Å². The average molecular weight is 246 g/mol. The van der Waals surface area contributed by atoms with Crippen LogP contribution in [0.15, 0.2) is 10.7 Å². The lowest BCUT2D eigenvalue weighted by molar-refractivity contribution is 0.0828. The van der Waals surface area contributed by atoms with Gasteiger partial charge >= 0.3 is 0 Å². The maximum atomic E-state index is 12.1. The molecule has 1 heterocycles. The fourth-order valence-electron chi connectivity index (χ4n) is 3.53. The molecule has 0 unspecified atom stereocenters. The Hall–Kier alpha value is -1.38. The van der Waals surface area contributed by atoms with E-state index >= 15 is 0 Å². The summed E-state index contributed by atoms with van der Waals surface area (Å²) in [5.41, 5.74) is 1.57. The molecule has 1 aromatic heterocycles. The molecule has 18 heavy (non-hydrogen) atoms. The van der Waals surface area contributed by atoms with Crippen molar-refractivity contribution in [3.05, 3.63) is 23.2 Å². The molecule has 0 fully saturated rings. The summed E-state index contributed by atoms with van der Waals surface area (Å²) in [7, 11) is 0. The van der Waals surface area contributed by atoms with E-state index in [2.05, 4.69) is 13.8 Å². The number of furan rings is 1. The number of carbonyl (C=O) groups excluding carboxylic acids is 2. The summed E-state index contributed by atoms with van der Waals surface area (Å²) in [6.07, 6.45) is 2.94. The number of Topliss-reactive ketones (excluding diaryl/α,β-unsaturated/α-hetero) is 2. The lowest BCUT2D eigenvalue weighted by atomic mass is 9.64. The van der Waals surface area contributed by atoms with E-state index in [0.717, 1.165) is 12.0 Å². The Bertz CT molecular complexity index is 524. The highest BCUT2D eigenvalue weighted by atomic mass is 16.3. The topological polar surface area (TPSA) is 47.3 Å². The lowest BCUT2D eigenvalue weighted by Gasteiger charge is -2.37. The Morgan fingerprint density at radius 3 is 2.72 bits per heavy atom. The van der Waals surface area contributed by atoms with Crippen molar-refractivity contribution in [3.8, 4) is 0 Å². The van der Waals surface area contributed by atoms with Gasteiger partial charge in [-0.15, -0.1) is 0 Å². The van der Waals surface area contributed by atoms with Crippen LogP contribution in [0.5, 0.6) is 0 Å². The molecule has 0 bridgehead atoms. The summed E-state index contributed by atoms with van der Waals surface area (Å²) in [5, 5.41) is 0. The van der Waals surface area contributed by atoms with Crippen molar-refractivity contribution in [1.82, 2.24) is 0 Å². The first kappa shape index (κ1) is 11.7. The van der Waals surface area contributed by atoms with Gasteiger partial charge in [-0.2, -0.15) is 0 Å². The quantitative estimate of drug-likeness (QED) is 0.762. The summed E-state index contributed by atoms with van der Waals surface area (Å²) in [6.45, 7) is 6.27. The predicted octanol–water partition coefficient (Wildman–Crippen LogP) is 3.44. The largest absolute Gasteiger partial charge is 0.460 e. The average Bonchev–Trinajstić information content (AvgIpc) is 2.75. The molecule has 0 saturated heterocycles. The summed E-state index contributed by atoms with van der Waals surface area (Å²) < 4.78 is 5.40. The second-order valence-corrected chi connectivity index (χ2v) is 6.03. The normalized spacial score (nSPS) is 30.8. The van der Waals surface area contributed by atoms with E-state index in [4.69, 9.17) is 4.42 Å². The van der Waals surface area contributed by atoms with Crippen molar-refractivity contribution in [2.24, 2.45) is 17.8 Å². The maximum absolute atomic E-state index is 12.1. The molecule has 3 rings (SSSR count). The van der Waals surface area contributed by atoms with E-state index in [-0.39, 0.29) is 17.5 Å². The van der Waals surface area contributed by atoms with Gasteiger partial charge in [0.2, 0.25) is 5.78 Å². The van der Waals surface area contributed by atoms with Crippen LogP contribution in [0.2, 0.25) is 0 Å². The third-order valence-electron chi connectivity index (χ3n) is 4.57. The number of rotatable bonds is 1. The molecule has 1 aromatic rings. The zero-order chi connectivity index (χ0) is 13.0. The molecule has 0 saturated carbocycles. The Labute approximate surface area is 107 Å². The molecular weight excluding hydrogens is 228 g/mol. The maximum Gasteiger partial charge on any atom is 0.201 e. The van der Waals surface area contributed by atoms with Crippen molar-refractivity contribution < 1.29 is 14.0 Å². The fourth-order valence-corrected chi connectivity index (χ4v) is 3.53. The van der Waals surface area contributed by atoms with Crippen LogP contribution < -0.4 is 0 Å². The summed E-state index contributed by atoms with van der Waals surface area (Å²) >= 11 is 0. The van der Waals surface area contributed by atoms with Crippen molar-refractivity contribution >= 4 is 11.6 Å². The SMILES string of the molecule is CC(C)[C@H]1CC(=O)c2coc3c2[C@@H]1C[C@@H](C)C3=O. The van der Waals surface area contributed by atoms with E-state index in [0.29, 0.717) is 35.5 Å². The third kappa shape index (κ3) is 1.43. The molecule has 96 valence electrons. The molecule has 3 atom stereocenters. The van der Waals surface area contributed by atoms with Gasteiger partial charge in [0.25, 0.3) is 0 Å². The van der Waals surface area contributed by atoms with Gasteiger partial charge < -0.3 is 4.42 Å². The molecule has 0 aromatic carbocycles. The summed E-state index contributed by atoms with van der Waals surface area (Å²) in [6, 6.07) is 0. The van der Waals surface area contributed by atoms with Crippen LogP contribution in [-0.4, -0.2) is 11.6 Å². The third-order valence-corrected chi connectivity index (χ3v) is 4.57. The minimum absolute atomic E-state index is 0.0101. The van der Waals surface area contributed by atoms with E-state index in [1.54, 1.807) is 0 Å². The van der Waals surface area contributed by atoms with Gasteiger partial charge in [0.1, 0.15) is 6.26 Å². The zero-order valence-corrected chi connectivity index (χ0v) is 11.0. The van der Waals surface area contributed by atoms with Crippen molar-refractivity contribution in [3.63, 3.8) is 0 Å². The Morgan fingerprint density at radius 1 is 1.33 bits per heavy atom. The Kier molecular flexibility index (Phi) is 2.47. The van der Waals surface area contributed by atoms with E-state index in [9.17, 15) is 9.59 Å². The molecule has 0 amide bonds. The Balaban J connectivity index is 2.17. The first-order valence-corrected chi connectivity index (χ1v) is 6.69. The van der Waals surface area contributed by atoms with Crippen LogP contribution in [0.3, 0.4) is 0 Å². The highest BCUT2D eigenvalue weighted by molar-refractivity contribution is 6.05. The van der Waals surface area contributed by atoms with Crippen LogP contribution in [-0.2, 0) is 0 Å². The van der Waals surface area contributed by atoms with Gasteiger partial charge in [-0.25, -0.2) is 0 Å². The molecule has 3 nitrogen and oxygen atoms in total. The fraction of sp³-hybridized carbons (Fsp3) is 0.600. The number of carbonyl (C=O) groups is 2. The van der Waals surface area contributed by atoms with E-state index in [1.807, 2.05) is 6.92 Å². The highest BCUT2D eigenvalue weighted by Crippen LogP contribution is 2.49. The van der Waals surface area contributed by atoms with Crippen molar-refractivity contribution in [2.45, 2.75) is 39.5 Å². The molecular formula is C15H18O3. The molecule has 0 spiro atoms. The number of hydrogen-bond donors (Lipinski definition) is 0. The lowest BCUT2D eigenvalue weighted by Crippen LogP contribution is -2.34. The summed E-state index contributed by atoms with van der Waals surface area (Å²) in [4.78, 5) is 24.2. The van der Waals surface area contributed by atoms with Crippen LogP contribution in [0.25, 0.3) is 0 Å². The van der Waals surface area contributed by atoms with Gasteiger partial charge in [-0.1, -0.05) is 20.8 Å². The molecule has 0 aliphatic heterocycles. The predicted molar refractivity (Wildman–Crippen MR) is 66.8 cm³/mol. The Morgan fingerprint density at radius 2 is 2.06 bits per heavy atom. The van der Waals surface area contributed by atoms with Gasteiger partial charge in [0.05, 0.1) is 5.56 Å². The van der Waals surface area contributed by atoms with E-state index < -0.39 is 0 Å². The summed E-state index contributed by atoms with van der Waals surface area (Å²) in [5.74, 6) is 1.77. The molecule has 2 aliphatic rings. The molecule has 3 heteroatoms. The second kappa shape index (κ2) is 3.81. The second-order valence-electron chi connectivity index (χ2n) is 6.03. The molecule has 0 N–H and O–H groups in total. The number of ketones is 2. The number of hydrogen-bond acceptors (Lipinski definition) is 3. The van der Waals surface area contributed by atoms with Gasteiger partial charge in [0.15, 0.2) is 11.5 Å². The van der Waals surface area contributed by atoms with Crippen molar-refractivity contribution in [2.75, 3.05) is 0 Å². The van der Waals surface area contributed by atoms with Crippen LogP contribution in [0.1, 0.15) is 66.0 Å². The molecule has 0 radical (unpaired) electrons. The zero-order valence-electron chi connectivity index (χ0n) is 11.0.